The lowest BCUT2D eigenvalue weighted by atomic mass is 9.97. The van der Waals surface area contributed by atoms with E-state index in [0.29, 0.717) is 31.0 Å². The van der Waals surface area contributed by atoms with Crippen LogP contribution in [0.25, 0.3) is 0 Å². The minimum atomic E-state index is -0.169. The van der Waals surface area contributed by atoms with Gasteiger partial charge in [0.15, 0.2) is 5.89 Å². The minimum absolute atomic E-state index is 0.0157. The number of amides is 1. The van der Waals surface area contributed by atoms with Crippen molar-refractivity contribution < 1.29 is 14.3 Å². The fourth-order valence-corrected chi connectivity index (χ4v) is 2.68. The van der Waals surface area contributed by atoms with Crippen LogP contribution >= 0.6 is 0 Å². The molecule has 0 spiro atoms. The molecule has 0 unspecified atom stereocenters. The number of aromatic hydroxyl groups is 1. The molecule has 0 bridgehead atoms. The Morgan fingerprint density at radius 2 is 2.09 bits per heavy atom. The van der Waals surface area contributed by atoms with Gasteiger partial charge in [-0.3, -0.25) is 4.79 Å². The number of benzene rings is 1. The molecule has 5 nitrogen and oxygen atoms in total. The molecule has 1 aromatic carbocycles. The maximum absolute atomic E-state index is 12.7. The number of phenols is 1. The fraction of sp³-hybridized carbons (Fsp3) is 0.444. The molecule has 2 aromatic rings. The molecule has 5 heteroatoms. The zero-order valence-electron chi connectivity index (χ0n) is 14.0. The van der Waals surface area contributed by atoms with Crippen LogP contribution in [0.2, 0.25) is 0 Å². The summed E-state index contributed by atoms with van der Waals surface area (Å²) in [5, 5.41) is 9.96. The highest BCUT2D eigenvalue weighted by atomic mass is 16.4. The number of rotatable bonds is 1. The van der Waals surface area contributed by atoms with Crippen molar-refractivity contribution >= 4 is 5.91 Å². The molecule has 3 rings (SSSR count). The molecule has 0 saturated heterocycles. The largest absolute Gasteiger partial charge is 0.507 e. The Balaban J connectivity index is 1.85. The number of nitrogens with zero attached hydrogens (tertiary/aromatic N) is 2. The van der Waals surface area contributed by atoms with Gasteiger partial charge in [0.1, 0.15) is 17.2 Å². The Hall–Kier alpha value is -2.30. The van der Waals surface area contributed by atoms with Crippen molar-refractivity contribution in [2.45, 2.75) is 46.1 Å². The molecule has 1 amide bonds. The van der Waals surface area contributed by atoms with E-state index in [1.807, 2.05) is 6.92 Å². The number of phenolic OH excluding ortho intramolecular Hbond substituents is 1. The van der Waals surface area contributed by atoms with Crippen LogP contribution in [0.1, 0.15) is 54.0 Å². The van der Waals surface area contributed by atoms with Gasteiger partial charge in [0.2, 0.25) is 0 Å². The maximum atomic E-state index is 12.7. The number of carbonyl (C=O) groups excluding carboxylic acids is 1. The zero-order chi connectivity index (χ0) is 16.8. The maximum Gasteiger partial charge on any atom is 0.257 e. The summed E-state index contributed by atoms with van der Waals surface area (Å²) in [4.78, 5) is 19.0. The van der Waals surface area contributed by atoms with E-state index in [9.17, 15) is 9.90 Å². The molecular weight excluding hydrogens is 292 g/mol. The molecule has 1 aliphatic heterocycles. The summed E-state index contributed by atoms with van der Waals surface area (Å²) in [5.74, 6) is 1.42. The quantitative estimate of drug-likeness (QED) is 0.878. The number of oxazole rings is 1. The molecular formula is C18H22N2O3. The third-order valence-corrected chi connectivity index (χ3v) is 4.04. The zero-order valence-corrected chi connectivity index (χ0v) is 14.0. The van der Waals surface area contributed by atoms with Crippen molar-refractivity contribution in [3.8, 4) is 5.75 Å². The SMILES string of the molecule is Cc1ccc(O)c(C(=O)N2CCc3oc(C(C)(C)C)nc3C2)c1. The van der Waals surface area contributed by atoms with Crippen LogP contribution in [-0.2, 0) is 18.4 Å². The summed E-state index contributed by atoms with van der Waals surface area (Å²) in [6, 6.07) is 5.07. The summed E-state index contributed by atoms with van der Waals surface area (Å²) in [6.45, 7) is 9.05. The summed E-state index contributed by atoms with van der Waals surface area (Å²) >= 11 is 0. The monoisotopic (exact) mass is 314 g/mol. The molecule has 2 heterocycles. The van der Waals surface area contributed by atoms with E-state index in [4.69, 9.17) is 4.42 Å². The number of hydrogen-bond donors (Lipinski definition) is 1. The van der Waals surface area contributed by atoms with Gasteiger partial charge in [-0.2, -0.15) is 0 Å². The van der Waals surface area contributed by atoms with Crippen molar-refractivity contribution in [3.63, 3.8) is 0 Å². The first-order valence-electron chi connectivity index (χ1n) is 7.83. The van der Waals surface area contributed by atoms with E-state index >= 15 is 0 Å². The third kappa shape index (κ3) is 2.96. The molecule has 23 heavy (non-hydrogen) atoms. The molecule has 0 atom stereocenters. The van der Waals surface area contributed by atoms with Gasteiger partial charge in [-0.1, -0.05) is 32.4 Å². The Bertz CT molecular complexity index is 756. The highest BCUT2D eigenvalue weighted by Gasteiger charge is 2.30. The van der Waals surface area contributed by atoms with Crippen LogP contribution < -0.4 is 0 Å². The molecule has 122 valence electrons. The topological polar surface area (TPSA) is 66.6 Å². The van der Waals surface area contributed by atoms with Crippen LogP contribution in [0.4, 0.5) is 0 Å². The van der Waals surface area contributed by atoms with Crippen LogP contribution in [0, 0.1) is 6.92 Å². The average molecular weight is 314 g/mol. The number of fused-ring (bicyclic) bond motifs is 1. The number of aryl methyl sites for hydroxylation is 1. The fourth-order valence-electron chi connectivity index (χ4n) is 2.68. The van der Waals surface area contributed by atoms with Crippen LogP contribution in [0.5, 0.6) is 5.75 Å². The van der Waals surface area contributed by atoms with Crippen molar-refractivity contribution in [1.29, 1.82) is 0 Å². The van der Waals surface area contributed by atoms with E-state index in [1.165, 1.54) is 0 Å². The number of aromatic nitrogens is 1. The first-order valence-corrected chi connectivity index (χ1v) is 7.83. The standard InChI is InChI=1S/C18H22N2O3/c1-11-5-6-14(21)12(9-11)16(22)20-8-7-15-13(10-20)19-17(23-15)18(2,3)4/h5-6,9,21H,7-8,10H2,1-4H3. The Kier molecular flexibility index (Phi) is 3.66. The third-order valence-electron chi connectivity index (χ3n) is 4.04. The summed E-state index contributed by atoms with van der Waals surface area (Å²) in [5.41, 5.74) is 1.95. The number of carbonyl (C=O) groups is 1. The highest BCUT2D eigenvalue weighted by Crippen LogP contribution is 2.29. The van der Waals surface area contributed by atoms with Gasteiger partial charge in [-0.15, -0.1) is 0 Å². The Morgan fingerprint density at radius 3 is 2.78 bits per heavy atom. The van der Waals surface area contributed by atoms with Crippen molar-refractivity contribution in [2.24, 2.45) is 0 Å². The summed E-state index contributed by atoms with van der Waals surface area (Å²) < 4.78 is 5.85. The van der Waals surface area contributed by atoms with Crippen molar-refractivity contribution in [3.05, 3.63) is 46.7 Å². The Labute approximate surface area is 135 Å². The smallest absolute Gasteiger partial charge is 0.257 e. The highest BCUT2D eigenvalue weighted by molar-refractivity contribution is 5.97. The van der Waals surface area contributed by atoms with Gasteiger partial charge in [0.05, 0.1) is 12.1 Å². The lowest BCUT2D eigenvalue weighted by Crippen LogP contribution is -2.35. The molecule has 1 aromatic heterocycles. The van der Waals surface area contributed by atoms with Gasteiger partial charge in [-0.25, -0.2) is 4.98 Å². The second kappa shape index (κ2) is 5.41. The lowest BCUT2D eigenvalue weighted by Gasteiger charge is -2.25. The van der Waals surface area contributed by atoms with E-state index in [0.717, 1.165) is 17.0 Å². The summed E-state index contributed by atoms with van der Waals surface area (Å²) in [7, 11) is 0. The minimum Gasteiger partial charge on any atom is -0.507 e. The van der Waals surface area contributed by atoms with E-state index in [1.54, 1.807) is 23.1 Å². The molecule has 1 aliphatic rings. The Morgan fingerprint density at radius 1 is 1.35 bits per heavy atom. The van der Waals surface area contributed by atoms with Crippen LogP contribution in [0.15, 0.2) is 22.6 Å². The second-order valence-corrected chi connectivity index (χ2v) is 7.14. The van der Waals surface area contributed by atoms with E-state index in [-0.39, 0.29) is 17.1 Å². The molecule has 0 fully saturated rings. The first kappa shape index (κ1) is 15.6. The molecule has 0 radical (unpaired) electrons. The van der Waals surface area contributed by atoms with Gasteiger partial charge in [-0.05, 0) is 19.1 Å². The van der Waals surface area contributed by atoms with E-state index < -0.39 is 0 Å². The predicted octanol–water partition coefficient (Wildman–Crippen LogP) is 3.18. The van der Waals surface area contributed by atoms with Crippen molar-refractivity contribution in [1.82, 2.24) is 9.88 Å². The predicted molar refractivity (Wildman–Crippen MR) is 86.5 cm³/mol. The first-order chi connectivity index (χ1) is 10.8. The van der Waals surface area contributed by atoms with Gasteiger partial charge in [0, 0.05) is 18.4 Å². The van der Waals surface area contributed by atoms with E-state index in [2.05, 4.69) is 25.8 Å². The van der Waals surface area contributed by atoms with Crippen LogP contribution in [-0.4, -0.2) is 27.4 Å². The second-order valence-electron chi connectivity index (χ2n) is 7.14. The number of hydrogen-bond acceptors (Lipinski definition) is 4. The average Bonchev–Trinajstić information content (AvgIpc) is 2.92. The van der Waals surface area contributed by atoms with Crippen LogP contribution in [0.3, 0.4) is 0 Å². The molecule has 0 saturated carbocycles. The molecule has 1 N–H and O–H groups in total. The van der Waals surface area contributed by atoms with Crippen molar-refractivity contribution in [2.75, 3.05) is 6.54 Å². The lowest BCUT2D eigenvalue weighted by molar-refractivity contribution is 0.0724. The summed E-state index contributed by atoms with van der Waals surface area (Å²) in [6.07, 6.45) is 0.650. The van der Waals surface area contributed by atoms with Gasteiger partial charge in [0.25, 0.3) is 5.91 Å². The normalized spacial score (nSPS) is 14.7. The van der Waals surface area contributed by atoms with Gasteiger partial charge >= 0.3 is 0 Å². The molecule has 0 aliphatic carbocycles. The van der Waals surface area contributed by atoms with Gasteiger partial charge < -0.3 is 14.4 Å².